The average Bonchev–Trinajstić information content (AvgIpc) is 2.63. The summed E-state index contributed by atoms with van der Waals surface area (Å²) in [5, 5.41) is 2.93. The first-order valence-corrected chi connectivity index (χ1v) is 9.29. The largest absolute Gasteiger partial charge is 0.352 e. The first kappa shape index (κ1) is 17.8. The number of piperidine rings is 1. The van der Waals surface area contributed by atoms with E-state index in [1.807, 2.05) is 0 Å². The summed E-state index contributed by atoms with van der Waals surface area (Å²) < 4.78 is 0.464. The van der Waals surface area contributed by atoms with Crippen LogP contribution < -0.4 is 5.32 Å². The molecule has 25 heavy (non-hydrogen) atoms. The number of nitrogens with one attached hydrogen (secondary N) is 2. The van der Waals surface area contributed by atoms with Gasteiger partial charge in [-0.2, -0.15) is 0 Å². The highest BCUT2D eigenvalue weighted by Gasteiger charge is 2.15. The fourth-order valence-corrected chi connectivity index (χ4v) is 3.35. The highest BCUT2D eigenvalue weighted by Crippen LogP contribution is 2.18. The van der Waals surface area contributed by atoms with Crippen molar-refractivity contribution < 1.29 is 4.79 Å². The molecule has 4 nitrogen and oxygen atoms in total. The van der Waals surface area contributed by atoms with Crippen LogP contribution in [0.1, 0.15) is 41.3 Å². The van der Waals surface area contributed by atoms with Gasteiger partial charge in [0.25, 0.3) is 5.91 Å². The maximum Gasteiger partial charge on any atom is 0.254 e. The molecule has 0 radical (unpaired) electrons. The van der Waals surface area contributed by atoms with E-state index in [1.54, 1.807) is 18.3 Å². The lowest BCUT2D eigenvalue weighted by atomic mass is 9.99. The minimum absolute atomic E-state index is 0.145. The molecule has 2 heterocycles. The molecule has 0 aliphatic carbocycles. The third kappa shape index (κ3) is 5.00. The third-order valence-electron chi connectivity index (χ3n) is 4.82. The molecule has 0 saturated carbocycles. The van der Waals surface area contributed by atoms with Crippen LogP contribution in [0.5, 0.6) is 0 Å². The van der Waals surface area contributed by atoms with Crippen molar-refractivity contribution in [2.75, 3.05) is 13.1 Å². The standard InChI is InChI=1S/C20H25N3OS/c1-15-8-11-23(12-9-15)14-17-6-4-16(5-7-17)13-22-19(24)18-3-2-10-21-20(18)25/h2-7,10,15H,8-9,11-14H2,1H3,(H,21,25)(H,22,24). The Morgan fingerprint density at radius 2 is 1.88 bits per heavy atom. The maximum atomic E-state index is 12.2. The third-order valence-corrected chi connectivity index (χ3v) is 5.16. The van der Waals surface area contributed by atoms with Gasteiger partial charge >= 0.3 is 0 Å². The Morgan fingerprint density at radius 1 is 1.20 bits per heavy atom. The maximum absolute atomic E-state index is 12.2. The fraction of sp³-hybridized carbons (Fsp3) is 0.400. The Labute approximate surface area is 154 Å². The number of pyridine rings is 1. The Bertz CT molecular complexity index is 761. The Balaban J connectivity index is 1.52. The molecule has 1 aliphatic heterocycles. The summed E-state index contributed by atoms with van der Waals surface area (Å²) in [6.07, 6.45) is 4.32. The van der Waals surface area contributed by atoms with Crippen molar-refractivity contribution in [3.8, 4) is 0 Å². The molecule has 1 fully saturated rings. The molecule has 0 atom stereocenters. The van der Waals surface area contributed by atoms with Crippen molar-refractivity contribution in [3.63, 3.8) is 0 Å². The summed E-state index contributed by atoms with van der Waals surface area (Å²) in [4.78, 5) is 17.6. The van der Waals surface area contributed by atoms with E-state index < -0.39 is 0 Å². The molecule has 1 amide bonds. The number of nitrogens with zero attached hydrogens (tertiary/aromatic N) is 1. The molecule has 1 aromatic heterocycles. The predicted molar refractivity (Wildman–Crippen MR) is 103 cm³/mol. The van der Waals surface area contributed by atoms with Gasteiger partial charge in [-0.3, -0.25) is 9.69 Å². The molecule has 132 valence electrons. The second-order valence-electron chi connectivity index (χ2n) is 6.87. The van der Waals surface area contributed by atoms with Gasteiger partial charge in [0.2, 0.25) is 0 Å². The second-order valence-corrected chi connectivity index (χ2v) is 7.28. The first-order chi connectivity index (χ1) is 12.1. The molecule has 0 unspecified atom stereocenters. The van der Waals surface area contributed by atoms with E-state index in [0.29, 0.717) is 16.7 Å². The molecule has 2 N–H and O–H groups in total. The van der Waals surface area contributed by atoms with Crippen LogP contribution in [0.2, 0.25) is 0 Å². The minimum Gasteiger partial charge on any atom is -0.352 e. The number of H-pyrrole nitrogens is 1. The molecule has 1 saturated heterocycles. The van der Waals surface area contributed by atoms with Gasteiger partial charge in [0.05, 0.1) is 5.56 Å². The molecule has 2 aromatic rings. The quantitative estimate of drug-likeness (QED) is 0.800. The van der Waals surface area contributed by atoms with E-state index in [2.05, 4.69) is 46.4 Å². The number of aromatic amines is 1. The Morgan fingerprint density at radius 3 is 2.56 bits per heavy atom. The normalized spacial score (nSPS) is 15.9. The number of benzene rings is 1. The first-order valence-electron chi connectivity index (χ1n) is 8.88. The van der Waals surface area contributed by atoms with Gasteiger partial charge in [-0.05, 0) is 55.1 Å². The lowest BCUT2D eigenvalue weighted by Crippen LogP contribution is -2.32. The highest BCUT2D eigenvalue weighted by molar-refractivity contribution is 7.71. The van der Waals surface area contributed by atoms with Gasteiger partial charge in [-0.15, -0.1) is 0 Å². The zero-order chi connectivity index (χ0) is 17.6. The lowest BCUT2D eigenvalue weighted by molar-refractivity contribution is 0.0950. The summed E-state index contributed by atoms with van der Waals surface area (Å²) in [6, 6.07) is 12.0. The summed E-state index contributed by atoms with van der Waals surface area (Å²) in [7, 11) is 0. The SMILES string of the molecule is CC1CCN(Cc2ccc(CNC(=O)c3ccc[nH]c3=S)cc2)CC1. The van der Waals surface area contributed by atoms with E-state index in [0.717, 1.165) is 18.0 Å². The van der Waals surface area contributed by atoms with Gasteiger partial charge in [-0.1, -0.05) is 43.4 Å². The molecule has 1 aromatic carbocycles. The molecule has 0 spiro atoms. The van der Waals surface area contributed by atoms with Gasteiger partial charge in [0.1, 0.15) is 4.64 Å². The second kappa shape index (κ2) is 8.41. The van der Waals surface area contributed by atoms with E-state index in [9.17, 15) is 4.79 Å². The zero-order valence-corrected chi connectivity index (χ0v) is 15.4. The lowest BCUT2D eigenvalue weighted by Gasteiger charge is -2.30. The molecule has 0 bridgehead atoms. The van der Waals surface area contributed by atoms with Gasteiger partial charge in [0, 0.05) is 19.3 Å². The van der Waals surface area contributed by atoms with E-state index in [-0.39, 0.29) is 5.91 Å². The number of amides is 1. The van der Waals surface area contributed by atoms with Crippen molar-refractivity contribution in [1.29, 1.82) is 0 Å². The van der Waals surface area contributed by atoms with Crippen molar-refractivity contribution >= 4 is 18.1 Å². The van der Waals surface area contributed by atoms with Gasteiger partial charge in [0.15, 0.2) is 0 Å². The van der Waals surface area contributed by atoms with Crippen molar-refractivity contribution in [1.82, 2.24) is 15.2 Å². The number of aromatic nitrogens is 1. The number of carbonyl (C=O) groups excluding carboxylic acids is 1. The highest BCUT2D eigenvalue weighted by atomic mass is 32.1. The van der Waals surface area contributed by atoms with E-state index in [4.69, 9.17) is 12.2 Å². The minimum atomic E-state index is -0.145. The van der Waals surface area contributed by atoms with Crippen molar-refractivity contribution in [3.05, 3.63) is 63.9 Å². The fourth-order valence-electron chi connectivity index (χ4n) is 3.12. The van der Waals surface area contributed by atoms with E-state index >= 15 is 0 Å². The number of hydrogen-bond donors (Lipinski definition) is 2. The molecule has 3 rings (SSSR count). The van der Waals surface area contributed by atoms with Crippen molar-refractivity contribution in [2.24, 2.45) is 5.92 Å². The van der Waals surface area contributed by atoms with Crippen molar-refractivity contribution in [2.45, 2.75) is 32.9 Å². The zero-order valence-electron chi connectivity index (χ0n) is 14.6. The number of rotatable bonds is 5. The average molecular weight is 356 g/mol. The summed E-state index contributed by atoms with van der Waals surface area (Å²) in [5.41, 5.74) is 2.93. The van der Waals surface area contributed by atoms with Crippen LogP contribution in [0.25, 0.3) is 0 Å². The topological polar surface area (TPSA) is 48.1 Å². The molecular weight excluding hydrogens is 330 g/mol. The monoisotopic (exact) mass is 355 g/mol. The Hall–Kier alpha value is -1.98. The summed E-state index contributed by atoms with van der Waals surface area (Å²) in [6.45, 7) is 6.23. The van der Waals surface area contributed by atoms with Crippen LogP contribution in [-0.4, -0.2) is 28.9 Å². The predicted octanol–water partition coefficient (Wildman–Crippen LogP) is 3.91. The molecular formula is C20H25N3OS. The van der Waals surface area contributed by atoms with Crippen LogP contribution in [0.4, 0.5) is 0 Å². The Kier molecular flexibility index (Phi) is 6.00. The van der Waals surface area contributed by atoms with Crippen LogP contribution in [0.15, 0.2) is 42.6 Å². The van der Waals surface area contributed by atoms with Crippen LogP contribution in [0, 0.1) is 10.6 Å². The van der Waals surface area contributed by atoms with Crippen LogP contribution in [0.3, 0.4) is 0 Å². The smallest absolute Gasteiger partial charge is 0.254 e. The number of likely N-dealkylation sites (tertiary alicyclic amines) is 1. The molecule has 5 heteroatoms. The summed E-state index contributed by atoms with van der Waals surface area (Å²) >= 11 is 5.14. The summed E-state index contributed by atoms with van der Waals surface area (Å²) in [5.74, 6) is 0.716. The molecule has 1 aliphatic rings. The van der Waals surface area contributed by atoms with E-state index in [1.165, 1.54) is 31.5 Å². The number of carbonyl (C=O) groups is 1. The van der Waals surface area contributed by atoms with Gasteiger partial charge < -0.3 is 10.3 Å². The number of hydrogen-bond acceptors (Lipinski definition) is 3. The van der Waals surface area contributed by atoms with Crippen LogP contribution in [-0.2, 0) is 13.1 Å². The van der Waals surface area contributed by atoms with Gasteiger partial charge in [-0.25, -0.2) is 0 Å². The van der Waals surface area contributed by atoms with Crippen LogP contribution >= 0.6 is 12.2 Å².